The number of nitrogens with one attached hydrogen (secondary N) is 1. The minimum atomic E-state index is -0.629. The summed E-state index contributed by atoms with van der Waals surface area (Å²) in [6.07, 6.45) is 0. The van der Waals surface area contributed by atoms with Crippen molar-refractivity contribution >= 4 is 51.7 Å². The van der Waals surface area contributed by atoms with Gasteiger partial charge in [0.1, 0.15) is 17.3 Å². The van der Waals surface area contributed by atoms with Gasteiger partial charge in [-0.15, -0.1) is 11.3 Å². The highest BCUT2D eigenvalue weighted by Crippen LogP contribution is 2.36. The number of carbonyl (C=O) groups is 2. The standard InChI is InChI=1S/C21H14ClFN2O3S/c1-28-14-5-2-4-12(10-14)24-19-18(17-6-3-9-29-17)20(26)25(21(19)27)13-7-8-16(23)15(22)11-13/h2-11,24H,1H3. The summed E-state index contributed by atoms with van der Waals surface area (Å²) in [5.41, 5.74) is 1.16. The number of halogens is 2. The van der Waals surface area contributed by atoms with Crippen LogP contribution in [0.3, 0.4) is 0 Å². The fourth-order valence-electron chi connectivity index (χ4n) is 3.00. The van der Waals surface area contributed by atoms with E-state index in [1.807, 2.05) is 5.38 Å². The predicted octanol–water partition coefficient (Wildman–Crippen LogP) is 4.95. The Morgan fingerprint density at radius 2 is 1.90 bits per heavy atom. The maximum atomic E-state index is 13.6. The van der Waals surface area contributed by atoms with Crippen LogP contribution in [0.15, 0.2) is 65.7 Å². The van der Waals surface area contributed by atoms with Crippen molar-refractivity contribution in [1.29, 1.82) is 0 Å². The number of rotatable bonds is 5. The molecule has 0 unspecified atom stereocenters. The molecule has 146 valence electrons. The van der Waals surface area contributed by atoms with Crippen LogP contribution in [0.1, 0.15) is 4.88 Å². The summed E-state index contributed by atoms with van der Waals surface area (Å²) in [7, 11) is 1.54. The second-order valence-electron chi connectivity index (χ2n) is 6.13. The number of benzene rings is 2. The summed E-state index contributed by atoms with van der Waals surface area (Å²) >= 11 is 7.20. The van der Waals surface area contributed by atoms with E-state index in [9.17, 15) is 14.0 Å². The van der Waals surface area contributed by atoms with Crippen molar-refractivity contribution in [2.24, 2.45) is 0 Å². The topological polar surface area (TPSA) is 58.6 Å². The monoisotopic (exact) mass is 428 g/mol. The third-order valence-corrected chi connectivity index (χ3v) is 5.53. The minimum Gasteiger partial charge on any atom is -0.497 e. The molecule has 2 aromatic carbocycles. The highest BCUT2D eigenvalue weighted by atomic mass is 35.5. The Balaban J connectivity index is 1.79. The number of anilines is 2. The van der Waals surface area contributed by atoms with Crippen LogP contribution in [0.5, 0.6) is 5.75 Å². The number of hydrogen-bond donors (Lipinski definition) is 1. The lowest BCUT2D eigenvalue weighted by Gasteiger charge is -2.16. The molecule has 0 atom stereocenters. The lowest BCUT2D eigenvalue weighted by Crippen LogP contribution is -2.32. The van der Waals surface area contributed by atoms with Crippen LogP contribution in [0.4, 0.5) is 15.8 Å². The maximum absolute atomic E-state index is 13.6. The van der Waals surface area contributed by atoms with E-state index in [0.29, 0.717) is 16.3 Å². The smallest absolute Gasteiger partial charge is 0.282 e. The van der Waals surface area contributed by atoms with Gasteiger partial charge in [-0.05, 0) is 41.8 Å². The van der Waals surface area contributed by atoms with Gasteiger partial charge in [-0.2, -0.15) is 0 Å². The van der Waals surface area contributed by atoms with Gasteiger partial charge in [0.25, 0.3) is 11.8 Å². The number of carbonyl (C=O) groups excluding carboxylic acids is 2. The molecule has 5 nitrogen and oxygen atoms in total. The Kier molecular flexibility index (Phi) is 5.08. The minimum absolute atomic E-state index is 0.131. The van der Waals surface area contributed by atoms with Gasteiger partial charge in [0.15, 0.2) is 0 Å². The van der Waals surface area contributed by atoms with Gasteiger partial charge in [0.05, 0.1) is 23.4 Å². The van der Waals surface area contributed by atoms with E-state index >= 15 is 0 Å². The third-order valence-electron chi connectivity index (χ3n) is 4.35. The molecular formula is C21H14ClFN2O3S. The van der Waals surface area contributed by atoms with Crippen molar-refractivity contribution in [3.63, 3.8) is 0 Å². The van der Waals surface area contributed by atoms with E-state index in [4.69, 9.17) is 16.3 Å². The summed E-state index contributed by atoms with van der Waals surface area (Å²) in [6.45, 7) is 0. The average molecular weight is 429 g/mol. The average Bonchev–Trinajstić information content (AvgIpc) is 3.31. The zero-order valence-corrected chi connectivity index (χ0v) is 16.7. The maximum Gasteiger partial charge on any atom is 0.282 e. The Hall–Kier alpha value is -3.16. The number of amides is 2. The van der Waals surface area contributed by atoms with Gasteiger partial charge in [-0.1, -0.05) is 23.7 Å². The number of ether oxygens (including phenoxy) is 1. The van der Waals surface area contributed by atoms with Gasteiger partial charge in [0, 0.05) is 16.6 Å². The lowest BCUT2D eigenvalue weighted by atomic mass is 10.2. The SMILES string of the molecule is COc1cccc(NC2=C(c3cccs3)C(=O)N(c3ccc(F)c(Cl)c3)C2=O)c1. The van der Waals surface area contributed by atoms with Crippen LogP contribution >= 0.6 is 22.9 Å². The van der Waals surface area contributed by atoms with Gasteiger partial charge in [-0.25, -0.2) is 9.29 Å². The first-order valence-corrected chi connectivity index (χ1v) is 9.78. The molecule has 1 N–H and O–H groups in total. The van der Waals surface area contributed by atoms with Crippen LogP contribution in [0, 0.1) is 5.82 Å². The first-order valence-electron chi connectivity index (χ1n) is 8.52. The second-order valence-corrected chi connectivity index (χ2v) is 7.48. The first kappa shape index (κ1) is 19.2. The molecule has 0 radical (unpaired) electrons. The predicted molar refractivity (Wildman–Crippen MR) is 112 cm³/mol. The summed E-state index contributed by atoms with van der Waals surface area (Å²) in [6, 6.07) is 14.3. The molecule has 2 heterocycles. The molecule has 0 fully saturated rings. The van der Waals surface area contributed by atoms with E-state index in [-0.39, 0.29) is 22.0 Å². The summed E-state index contributed by atoms with van der Waals surface area (Å²) in [5.74, 6) is -1.09. The van der Waals surface area contributed by atoms with Crippen LogP contribution < -0.4 is 15.0 Å². The molecule has 0 saturated carbocycles. The molecule has 3 aromatic rings. The molecular weight excluding hydrogens is 415 g/mol. The molecule has 29 heavy (non-hydrogen) atoms. The number of thiophene rings is 1. The largest absolute Gasteiger partial charge is 0.497 e. The van der Waals surface area contributed by atoms with Crippen molar-refractivity contribution in [3.8, 4) is 5.75 Å². The fraction of sp³-hybridized carbons (Fsp3) is 0.0476. The van der Waals surface area contributed by atoms with Crippen LogP contribution in [0.2, 0.25) is 5.02 Å². The van der Waals surface area contributed by atoms with Crippen LogP contribution in [-0.2, 0) is 9.59 Å². The molecule has 2 amide bonds. The molecule has 1 aliphatic rings. The van der Waals surface area contributed by atoms with Crippen LogP contribution in [-0.4, -0.2) is 18.9 Å². The Labute approximate surface area is 175 Å². The van der Waals surface area contributed by atoms with Crippen molar-refractivity contribution < 1.29 is 18.7 Å². The van der Waals surface area contributed by atoms with Gasteiger partial charge < -0.3 is 10.1 Å². The van der Waals surface area contributed by atoms with Crippen molar-refractivity contribution in [1.82, 2.24) is 0 Å². The van der Waals surface area contributed by atoms with Crippen LogP contribution in [0.25, 0.3) is 5.57 Å². The Morgan fingerprint density at radius 3 is 2.59 bits per heavy atom. The quantitative estimate of drug-likeness (QED) is 0.584. The molecule has 0 aliphatic carbocycles. The molecule has 1 aliphatic heterocycles. The molecule has 0 saturated heterocycles. The summed E-state index contributed by atoms with van der Waals surface area (Å²) < 4.78 is 18.8. The number of imide groups is 1. The van der Waals surface area contributed by atoms with E-state index in [0.717, 1.165) is 11.0 Å². The molecule has 4 rings (SSSR count). The summed E-state index contributed by atoms with van der Waals surface area (Å²) in [5, 5.41) is 4.70. The highest BCUT2D eigenvalue weighted by Gasteiger charge is 2.40. The highest BCUT2D eigenvalue weighted by molar-refractivity contribution is 7.11. The van der Waals surface area contributed by atoms with E-state index in [1.54, 1.807) is 43.5 Å². The molecule has 1 aromatic heterocycles. The van der Waals surface area contributed by atoms with Crippen molar-refractivity contribution in [2.45, 2.75) is 0 Å². The fourth-order valence-corrected chi connectivity index (χ4v) is 3.94. The zero-order chi connectivity index (χ0) is 20.5. The summed E-state index contributed by atoms with van der Waals surface area (Å²) in [4.78, 5) is 28.0. The Morgan fingerprint density at radius 1 is 1.07 bits per heavy atom. The normalized spacial score (nSPS) is 14.0. The molecule has 0 spiro atoms. The van der Waals surface area contributed by atoms with E-state index < -0.39 is 17.6 Å². The molecule has 0 bridgehead atoms. The second kappa shape index (κ2) is 7.69. The molecule has 8 heteroatoms. The van der Waals surface area contributed by atoms with Gasteiger partial charge in [0.2, 0.25) is 0 Å². The third kappa shape index (κ3) is 3.50. The number of nitrogens with zero attached hydrogens (tertiary/aromatic N) is 1. The Bertz CT molecular complexity index is 1140. The van der Waals surface area contributed by atoms with E-state index in [2.05, 4.69) is 5.32 Å². The van der Waals surface area contributed by atoms with Crippen molar-refractivity contribution in [2.75, 3.05) is 17.3 Å². The number of hydrogen-bond acceptors (Lipinski definition) is 5. The first-order chi connectivity index (χ1) is 14.0. The lowest BCUT2D eigenvalue weighted by molar-refractivity contribution is -0.120. The van der Waals surface area contributed by atoms with Gasteiger partial charge in [-0.3, -0.25) is 9.59 Å². The van der Waals surface area contributed by atoms with Gasteiger partial charge >= 0.3 is 0 Å². The number of methoxy groups -OCH3 is 1. The zero-order valence-electron chi connectivity index (χ0n) is 15.1. The van der Waals surface area contributed by atoms with Crippen molar-refractivity contribution in [3.05, 3.63) is 81.4 Å². The van der Waals surface area contributed by atoms with E-state index in [1.165, 1.54) is 23.5 Å².